The van der Waals surface area contributed by atoms with Gasteiger partial charge in [-0.1, -0.05) is 6.07 Å². The zero-order valence-corrected chi connectivity index (χ0v) is 11.4. The summed E-state index contributed by atoms with van der Waals surface area (Å²) in [7, 11) is 0. The van der Waals surface area contributed by atoms with Crippen molar-refractivity contribution in [2.45, 2.75) is 39.3 Å². The number of urea groups is 1. The van der Waals surface area contributed by atoms with Crippen molar-refractivity contribution in [2.24, 2.45) is 0 Å². The fraction of sp³-hybridized carbons (Fsp3) is 0.462. The van der Waals surface area contributed by atoms with Gasteiger partial charge in [-0.3, -0.25) is 9.78 Å². The molecule has 0 aliphatic carbocycles. The number of hydrogen-bond donors (Lipinski definition) is 3. The summed E-state index contributed by atoms with van der Waals surface area (Å²) in [4.78, 5) is 26.5. The maximum absolute atomic E-state index is 11.7. The van der Waals surface area contributed by atoms with Crippen molar-refractivity contribution in [1.29, 1.82) is 0 Å². The van der Waals surface area contributed by atoms with Crippen LogP contribution < -0.4 is 10.6 Å². The summed E-state index contributed by atoms with van der Waals surface area (Å²) in [5, 5.41) is 14.0. The van der Waals surface area contributed by atoms with Crippen molar-refractivity contribution in [2.75, 3.05) is 0 Å². The quantitative estimate of drug-likeness (QED) is 0.751. The smallest absolute Gasteiger partial charge is 0.315 e. The Morgan fingerprint density at radius 3 is 2.68 bits per heavy atom. The van der Waals surface area contributed by atoms with Crippen molar-refractivity contribution < 1.29 is 14.7 Å². The number of hydrogen-bond acceptors (Lipinski definition) is 3. The molecule has 1 rings (SSSR count). The van der Waals surface area contributed by atoms with Crippen LogP contribution in [0.1, 0.15) is 31.5 Å². The Morgan fingerprint density at radius 1 is 1.42 bits per heavy atom. The monoisotopic (exact) mass is 265 g/mol. The second-order valence-corrected chi connectivity index (χ2v) is 5.03. The largest absolute Gasteiger partial charge is 0.481 e. The van der Waals surface area contributed by atoms with E-state index in [1.54, 1.807) is 20.0 Å². The van der Waals surface area contributed by atoms with Gasteiger partial charge in [0.15, 0.2) is 0 Å². The van der Waals surface area contributed by atoms with Crippen LogP contribution in [0.4, 0.5) is 4.79 Å². The molecule has 3 N–H and O–H groups in total. The van der Waals surface area contributed by atoms with Gasteiger partial charge in [0.1, 0.15) is 0 Å². The Hall–Kier alpha value is -2.11. The number of amides is 2. The number of carboxylic acid groups (broad SMARTS) is 1. The summed E-state index contributed by atoms with van der Waals surface area (Å²) in [5.41, 5.74) is 0.982. The first-order chi connectivity index (χ1) is 8.80. The maximum Gasteiger partial charge on any atom is 0.315 e. The van der Waals surface area contributed by atoms with Gasteiger partial charge in [0.2, 0.25) is 0 Å². The number of carbonyl (C=O) groups excluding carboxylic acids is 1. The lowest BCUT2D eigenvalue weighted by Gasteiger charge is -2.24. The van der Waals surface area contributed by atoms with Crippen LogP contribution in [0, 0.1) is 6.92 Å². The average molecular weight is 265 g/mol. The highest BCUT2D eigenvalue weighted by Gasteiger charge is 2.23. The van der Waals surface area contributed by atoms with Crippen molar-refractivity contribution in [3.63, 3.8) is 0 Å². The third-order valence-corrected chi connectivity index (χ3v) is 2.58. The van der Waals surface area contributed by atoms with Crippen molar-refractivity contribution in [3.05, 3.63) is 29.6 Å². The Balaban J connectivity index is 2.48. The second kappa shape index (κ2) is 6.17. The van der Waals surface area contributed by atoms with Crippen LogP contribution in [0.25, 0.3) is 0 Å². The highest BCUT2D eigenvalue weighted by Crippen LogP contribution is 2.08. The van der Waals surface area contributed by atoms with Crippen molar-refractivity contribution in [3.8, 4) is 0 Å². The van der Waals surface area contributed by atoms with Gasteiger partial charge in [-0.25, -0.2) is 4.79 Å². The molecule has 1 heterocycles. The molecule has 0 aromatic carbocycles. The third-order valence-electron chi connectivity index (χ3n) is 2.58. The molecule has 2 amide bonds. The van der Waals surface area contributed by atoms with Crippen LogP contribution in [0.5, 0.6) is 0 Å². The van der Waals surface area contributed by atoms with Gasteiger partial charge in [-0.2, -0.15) is 0 Å². The number of carboxylic acids is 1. The molecule has 0 atom stereocenters. The fourth-order valence-corrected chi connectivity index (χ4v) is 1.64. The average Bonchev–Trinajstić information content (AvgIpc) is 2.25. The van der Waals surface area contributed by atoms with Gasteiger partial charge in [0, 0.05) is 11.7 Å². The predicted molar refractivity (Wildman–Crippen MR) is 70.7 cm³/mol. The standard InChI is InChI=1S/C13H19N3O3/c1-9-5-4-6-14-10(9)8-15-12(19)16-13(2,3)7-11(17)18/h4-6H,7-8H2,1-3H3,(H,17,18)(H2,15,16,19). The molecule has 0 aliphatic heterocycles. The van der Waals surface area contributed by atoms with E-state index in [-0.39, 0.29) is 6.42 Å². The number of nitrogens with zero attached hydrogens (tertiary/aromatic N) is 1. The van der Waals surface area contributed by atoms with Gasteiger partial charge in [0.25, 0.3) is 0 Å². The number of aryl methyl sites for hydroxylation is 1. The number of aliphatic carboxylic acids is 1. The zero-order valence-electron chi connectivity index (χ0n) is 11.4. The molecular weight excluding hydrogens is 246 g/mol. The van der Waals surface area contributed by atoms with Crippen molar-refractivity contribution >= 4 is 12.0 Å². The first-order valence-corrected chi connectivity index (χ1v) is 5.98. The van der Waals surface area contributed by atoms with E-state index in [1.807, 2.05) is 19.1 Å². The van der Waals surface area contributed by atoms with Crippen LogP contribution in [0.3, 0.4) is 0 Å². The van der Waals surface area contributed by atoms with E-state index < -0.39 is 17.5 Å². The molecule has 19 heavy (non-hydrogen) atoms. The summed E-state index contributed by atoms with van der Waals surface area (Å²) in [6, 6.07) is 3.34. The Kier molecular flexibility index (Phi) is 4.86. The molecule has 0 saturated heterocycles. The normalized spacial score (nSPS) is 10.9. The molecule has 0 saturated carbocycles. The lowest BCUT2D eigenvalue weighted by Crippen LogP contribution is -2.49. The van der Waals surface area contributed by atoms with Gasteiger partial charge in [-0.05, 0) is 32.4 Å². The molecule has 1 aromatic rings. The second-order valence-electron chi connectivity index (χ2n) is 5.03. The van der Waals surface area contributed by atoms with E-state index in [0.29, 0.717) is 6.54 Å². The first-order valence-electron chi connectivity index (χ1n) is 5.98. The molecule has 0 fully saturated rings. The summed E-state index contributed by atoms with van der Waals surface area (Å²) >= 11 is 0. The number of pyridine rings is 1. The lowest BCUT2D eigenvalue weighted by molar-refractivity contribution is -0.138. The highest BCUT2D eigenvalue weighted by atomic mass is 16.4. The van der Waals surface area contributed by atoms with E-state index in [4.69, 9.17) is 5.11 Å². The molecule has 0 aliphatic rings. The molecule has 0 spiro atoms. The van der Waals surface area contributed by atoms with Gasteiger partial charge < -0.3 is 15.7 Å². The van der Waals surface area contributed by atoms with Crippen LogP contribution >= 0.6 is 0 Å². The lowest BCUT2D eigenvalue weighted by atomic mass is 10.0. The first kappa shape index (κ1) is 14.9. The molecule has 104 valence electrons. The molecule has 0 unspecified atom stereocenters. The van der Waals surface area contributed by atoms with Gasteiger partial charge >= 0.3 is 12.0 Å². The Labute approximate surface area is 112 Å². The summed E-state index contributed by atoms with van der Waals surface area (Å²) in [5.74, 6) is -0.953. The van der Waals surface area contributed by atoms with Crippen molar-refractivity contribution in [1.82, 2.24) is 15.6 Å². The number of aromatic nitrogens is 1. The maximum atomic E-state index is 11.7. The van der Waals surface area contributed by atoms with Crippen LogP contribution in [-0.2, 0) is 11.3 Å². The molecule has 0 bridgehead atoms. The van der Waals surface area contributed by atoms with Gasteiger partial charge in [0.05, 0.1) is 18.7 Å². The number of rotatable bonds is 5. The van der Waals surface area contributed by atoms with E-state index in [1.165, 1.54) is 0 Å². The summed E-state index contributed by atoms with van der Waals surface area (Å²) in [6.45, 7) is 5.54. The topological polar surface area (TPSA) is 91.3 Å². The molecule has 6 heteroatoms. The fourth-order valence-electron chi connectivity index (χ4n) is 1.64. The van der Waals surface area contributed by atoms with E-state index in [0.717, 1.165) is 11.3 Å². The third kappa shape index (κ3) is 5.37. The van der Waals surface area contributed by atoms with Crippen LogP contribution in [0.2, 0.25) is 0 Å². The molecular formula is C13H19N3O3. The van der Waals surface area contributed by atoms with E-state index in [9.17, 15) is 9.59 Å². The molecule has 6 nitrogen and oxygen atoms in total. The summed E-state index contributed by atoms with van der Waals surface area (Å²) in [6.07, 6.45) is 1.53. The van der Waals surface area contributed by atoms with Gasteiger partial charge in [-0.15, -0.1) is 0 Å². The molecule has 1 aromatic heterocycles. The number of carbonyl (C=O) groups is 2. The van der Waals surface area contributed by atoms with Crippen LogP contribution in [0.15, 0.2) is 18.3 Å². The van der Waals surface area contributed by atoms with E-state index >= 15 is 0 Å². The minimum Gasteiger partial charge on any atom is -0.481 e. The summed E-state index contributed by atoms with van der Waals surface area (Å²) < 4.78 is 0. The minimum absolute atomic E-state index is 0.136. The van der Waals surface area contributed by atoms with Crippen LogP contribution in [-0.4, -0.2) is 27.6 Å². The zero-order chi connectivity index (χ0) is 14.5. The highest BCUT2D eigenvalue weighted by molar-refractivity contribution is 5.76. The molecule has 0 radical (unpaired) electrons. The SMILES string of the molecule is Cc1cccnc1CNC(=O)NC(C)(C)CC(=O)O. The predicted octanol–water partition coefficient (Wildman–Crippen LogP) is 1.44. The minimum atomic E-state index is -0.953. The Bertz CT molecular complexity index is 472. The number of nitrogens with one attached hydrogen (secondary N) is 2. The van der Waals surface area contributed by atoms with E-state index in [2.05, 4.69) is 15.6 Å². The Morgan fingerprint density at radius 2 is 2.11 bits per heavy atom.